The minimum absolute atomic E-state index is 0. The topological polar surface area (TPSA) is 94.8 Å². The molecular weight excluding hydrogens is 146 g/mol. The SMILES string of the molecule is CC(C)(C)C(N)CC(=O)O.O. The third-order valence-corrected chi connectivity index (χ3v) is 1.51. The highest BCUT2D eigenvalue weighted by Crippen LogP contribution is 2.19. The number of carboxylic acids is 1. The molecule has 1 unspecified atom stereocenters. The van der Waals surface area contributed by atoms with Crippen molar-refractivity contribution in [1.29, 1.82) is 0 Å². The highest BCUT2D eigenvalue weighted by molar-refractivity contribution is 5.67. The number of hydrogen-bond donors (Lipinski definition) is 2. The van der Waals surface area contributed by atoms with Gasteiger partial charge in [0, 0.05) is 6.04 Å². The van der Waals surface area contributed by atoms with Crippen LogP contribution in [0.15, 0.2) is 0 Å². The zero-order chi connectivity index (χ0) is 8.36. The molecule has 0 rings (SSSR count). The molecule has 0 aromatic carbocycles. The summed E-state index contributed by atoms with van der Waals surface area (Å²) in [6, 6.07) is -0.259. The number of rotatable bonds is 2. The molecule has 5 N–H and O–H groups in total. The Morgan fingerprint density at radius 1 is 1.55 bits per heavy atom. The van der Waals surface area contributed by atoms with Gasteiger partial charge < -0.3 is 16.3 Å². The van der Waals surface area contributed by atoms with Crippen molar-refractivity contribution in [2.24, 2.45) is 11.1 Å². The van der Waals surface area contributed by atoms with E-state index in [4.69, 9.17) is 10.8 Å². The van der Waals surface area contributed by atoms with Crippen molar-refractivity contribution in [2.75, 3.05) is 0 Å². The predicted molar refractivity (Wildman–Crippen MR) is 43.3 cm³/mol. The van der Waals surface area contributed by atoms with E-state index >= 15 is 0 Å². The second-order valence-electron chi connectivity index (χ2n) is 3.57. The third kappa shape index (κ3) is 5.82. The zero-order valence-electron chi connectivity index (χ0n) is 7.22. The largest absolute Gasteiger partial charge is 0.481 e. The van der Waals surface area contributed by atoms with Crippen LogP contribution in [-0.4, -0.2) is 22.6 Å². The Morgan fingerprint density at radius 2 is 1.91 bits per heavy atom. The van der Waals surface area contributed by atoms with Crippen molar-refractivity contribution in [2.45, 2.75) is 33.2 Å². The number of aliphatic carboxylic acids is 1. The highest BCUT2D eigenvalue weighted by atomic mass is 16.4. The maximum absolute atomic E-state index is 10.2. The van der Waals surface area contributed by atoms with Gasteiger partial charge in [0.25, 0.3) is 0 Å². The van der Waals surface area contributed by atoms with Gasteiger partial charge in [0.05, 0.1) is 6.42 Å². The van der Waals surface area contributed by atoms with Gasteiger partial charge in [-0.05, 0) is 5.41 Å². The fourth-order valence-electron chi connectivity index (χ4n) is 0.494. The van der Waals surface area contributed by atoms with Gasteiger partial charge in [0.15, 0.2) is 0 Å². The van der Waals surface area contributed by atoms with Crippen LogP contribution < -0.4 is 5.73 Å². The zero-order valence-corrected chi connectivity index (χ0v) is 7.22. The monoisotopic (exact) mass is 163 g/mol. The third-order valence-electron chi connectivity index (χ3n) is 1.51. The molecule has 0 aliphatic heterocycles. The lowest BCUT2D eigenvalue weighted by Gasteiger charge is -2.25. The first kappa shape index (κ1) is 13.0. The lowest BCUT2D eigenvalue weighted by Crippen LogP contribution is -2.36. The van der Waals surface area contributed by atoms with E-state index in [1.165, 1.54) is 0 Å². The molecular formula is C7H17NO3. The molecule has 0 amide bonds. The van der Waals surface area contributed by atoms with Crippen LogP contribution in [0.4, 0.5) is 0 Å². The van der Waals surface area contributed by atoms with Crippen LogP contribution in [0.3, 0.4) is 0 Å². The second kappa shape index (κ2) is 4.31. The summed E-state index contributed by atoms with van der Waals surface area (Å²) < 4.78 is 0. The standard InChI is InChI=1S/C7H15NO2.H2O/c1-7(2,3)5(8)4-6(9)10;/h5H,4,8H2,1-3H3,(H,9,10);1H2. The van der Waals surface area contributed by atoms with Gasteiger partial charge in [0.2, 0.25) is 0 Å². The molecule has 0 saturated heterocycles. The number of hydrogen-bond acceptors (Lipinski definition) is 2. The first-order valence-corrected chi connectivity index (χ1v) is 3.31. The van der Waals surface area contributed by atoms with Crippen LogP contribution in [0.2, 0.25) is 0 Å². The average molecular weight is 163 g/mol. The Kier molecular flexibility index (Phi) is 5.09. The van der Waals surface area contributed by atoms with Gasteiger partial charge in [0.1, 0.15) is 0 Å². The van der Waals surface area contributed by atoms with E-state index in [2.05, 4.69) is 0 Å². The average Bonchev–Trinajstić information content (AvgIpc) is 1.60. The quantitative estimate of drug-likeness (QED) is 0.600. The lowest BCUT2D eigenvalue weighted by atomic mass is 9.86. The Labute approximate surface area is 66.7 Å². The molecule has 0 saturated carbocycles. The summed E-state index contributed by atoms with van der Waals surface area (Å²) in [5.74, 6) is -0.831. The van der Waals surface area contributed by atoms with Crippen LogP contribution in [-0.2, 0) is 4.79 Å². The van der Waals surface area contributed by atoms with Gasteiger partial charge in [-0.2, -0.15) is 0 Å². The molecule has 0 aromatic rings. The Bertz CT molecular complexity index is 128. The normalized spacial score (nSPS) is 13.5. The van der Waals surface area contributed by atoms with E-state index in [9.17, 15) is 4.79 Å². The Hall–Kier alpha value is -0.610. The first-order chi connectivity index (χ1) is 4.34. The van der Waals surface area contributed by atoms with E-state index in [0.717, 1.165) is 0 Å². The summed E-state index contributed by atoms with van der Waals surface area (Å²) >= 11 is 0. The van der Waals surface area contributed by atoms with Crippen molar-refractivity contribution in [3.63, 3.8) is 0 Å². The van der Waals surface area contributed by atoms with Crippen LogP contribution in [0, 0.1) is 5.41 Å². The van der Waals surface area contributed by atoms with Gasteiger partial charge in [-0.25, -0.2) is 0 Å². The summed E-state index contributed by atoms with van der Waals surface area (Å²) in [5.41, 5.74) is 5.46. The molecule has 0 aliphatic carbocycles. The van der Waals surface area contributed by atoms with Crippen LogP contribution in [0.1, 0.15) is 27.2 Å². The van der Waals surface area contributed by atoms with Crippen LogP contribution >= 0.6 is 0 Å². The molecule has 4 nitrogen and oxygen atoms in total. The molecule has 4 heteroatoms. The summed E-state index contributed by atoms with van der Waals surface area (Å²) in [4.78, 5) is 10.2. The lowest BCUT2D eigenvalue weighted by molar-refractivity contribution is -0.138. The molecule has 68 valence electrons. The van der Waals surface area contributed by atoms with Crippen molar-refractivity contribution in [1.82, 2.24) is 0 Å². The Balaban J connectivity index is 0. The number of carbonyl (C=O) groups is 1. The van der Waals surface area contributed by atoms with Crippen molar-refractivity contribution < 1.29 is 15.4 Å². The summed E-state index contributed by atoms with van der Waals surface area (Å²) in [5, 5.41) is 8.37. The molecule has 0 radical (unpaired) electrons. The minimum atomic E-state index is -0.831. The van der Waals surface area contributed by atoms with E-state index in [-0.39, 0.29) is 23.4 Å². The first-order valence-electron chi connectivity index (χ1n) is 3.31. The van der Waals surface area contributed by atoms with Gasteiger partial charge in [-0.3, -0.25) is 4.79 Å². The molecule has 0 aromatic heterocycles. The molecule has 0 aliphatic rings. The fourth-order valence-corrected chi connectivity index (χ4v) is 0.494. The Morgan fingerprint density at radius 3 is 2.00 bits per heavy atom. The molecule has 0 fully saturated rings. The van der Waals surface area contributed by atoms with Gasteiger partial charge in [-0.15, -0.1) is 0 Å². The van der Waals surface area contributed by atoms with Gasteiger partial charge >= 0.3 is 5.97 Å². The minimum Gasteiger partial charge on any atom is -0.481 e. The van der Waals surface area contributed by atoms with Crippen molar-refractivity contribution in [3.05, 3.63) is 0 Å². The molecule has 0 heterocycles. The van der Waals surface area contributed by atoms with Crippen LogP contribution in [0.5, 0.6) is 0 Å². The number of nitrogens with two attached hydrogens (primary N) is 1. The molecule has 1 atom stereocenters. The number of carboxylic acid groups (broad SMARTS) is 1. The summed E-state index contributed by atoms with van der Waals surface area (Å²) in [7, 11) is 0. The van der Waals surface area contributed by atoms with Crippen molar-refractivity contribution >= 4 is 5.97 Å². The fraction of sp³-hybridized carbons (Fsp3) is 0.857. The van der Waals surface area contributed by atoms with E-state index < -0.39 is 5.97 Å². The van der Waals surface area contributed by atoms with Crippen LogP contribution in [0.25, 0.3) is 0 Å². The second-order valence-corrected chi connectivity index (χ2v) is 3.57. The maximum atomic E-state index is 10.2. The van der Waals surface area contributed by atoms with Gasteiger partial charge in [-0.1, -0.05) is 20.8 Å². The summed E-state index contributed by atoms with van der Waals surface area (Å²) in [6.45, 7) is 5.79. The predicted octanol–water partition coefficient (Wildman–Crippen LogP) is 0.00980. The molecule has 0 bridgehead atoms. The maximum Gasteiger partial charge on any atom is 0.304 e. The van der Waals surface area contributed by atoms with E-state index in [0.29, 0.717) is 0 Å². The summed E-state index contributed by atoms with van der Waals surface area (Å²) in [6.07, 6.45) is 0.0451. The smallest absolute Gasteiger partial charge is 0.304 e. The highest BCUT2D eigenvalue weighted by Gasteiger charge is 2.22. The van der Waals surface area contributed by atoms with Crippen molar-refractivity contribution in [3.8, 4) is 0 Å². The van der Waals surface area contributed by atoms with E-state index in [1.54, 1.807) is 0 Å². The molecule has 11 heavy (non-hydrogen) atoms. The van der Waals surface area contributed by atoms with E-state index in [1.807, 2.05) is 20.8 Å². The molecule has 0 spiro atoms.